The maximum absolute atomic E-state index is 12.0. The molecule has 0 amide bonds. The number of nitrogens with two attached hydrogens (primary N) is 1. The maximum atomic E-state index is 12.0. The van der Waals surface area contributed by atoms with Gasteiger partial charge in [0.05, 0.1) is 24.6 Å². The zero-order chi connectivity index (χ0) is 14.5. The van der Waals surface area contributed by atoms with Crippen molar-refractivity contribution < 1.29 is 14.3 Å². The molecule has 1 aromatic heterocycles. The Morgan fingerprint density at radius 2 is 2.45 bits per heavy atom. The monoisotopic (exact) mass is 279 g/mol. The van der Waals surface area contributed by atoms with E-state index in [2.05, 4.69) is 4.98 Å². The fourth-order valence-corrected chi connectivity index (χ4v) is 2.32. The van der Waals surface area contributed by atoms with Gasteiger partial charge in [0.25, 0.3) is 0 Å². The molecule has 6 nitrogen and oxygen atoms in total. The summed E-state index contributed by atoms with van der Waals surface area (Å²) >= 11 is 0. The van der Waals surface area contributed by atoms with Crippen LogP contribution in [0.5, 0.6) is 0 Å². The van der Waals surface area contributed by atoms with Gasteiger partial charge < -0.3 is 20.1 Å². The number of carbonyl (C=O) groups is 1. The number of esters is 1. The van der Waals surface area contributed by atoms with Crippen LogP contribution < -0.4 is 10.6 Å². The summed E-state index contributed by atoms with van der Waals surface area (Å²) in [6, 6.07) is 1.60. The second kappa shape index (κ2) is 6.56. The molecule has 1 unspecified atom stereocenters. The Balaban J connectivity index is 2.18. The van der Waals surface area contributed by atoms with Crippen molar-refractivity contribution in [2.75, 3.05) is 37.4 Å². The van der Waals surface area contributed by atoms with Gasteiger partial charge in [0.2, 0.25) is 0 Å². The summed E-state index contributed by atoms with van der Waals surface area (Å²) in [5, 5.41) is 0. The third-order valence-electron chi connectivity index (χ3n) is 3.25. The van der Waals surface area contributed by atoms with E-state index in [4.69, 9.17) is 15.2 Å². The molecule has 110 valence electrons. The maximum Gasteiger partial charge on any atom is 0.341 e. The molecule has 0 bridgehead atoms. The predicted molar refractivity (Wildman–Crippen MR) is 76.8 cm³/mol. The van der Waals surface area contributed by atoms with Gasteiger partial charge in [-0.3, -0.25) is 0 Å². The van der Waals surface area contributed by atoms with Gasteiger partial charge in [-0.15, -0.1) is 0 Å². The second-order valence-electron chi connectivity index (χ2n) is 4.88. The highest BCUT2D eigenvalue weighted by molar-refractivity contribution is 5.95. The zero-order valence-electron chi connectivity index (χ0n) is 12.0. The van der Waals surface area contributed by atoms with E-state index in [-0.39, 0.29) is 6.10 Å². The molecule has 1 aliphatic rings. The van der Waals surface area contributed by atoms with Gasteiger partial charge >= 0.3 is 5.97 Å². The summed E-state index contributed by atoms with van der Waals surface area (Å²) in [7, 11) is 1.89. The Kier molecular flexibility index (Phi) is 4.79. The molecule has 0 radical (unpaired) electrons. The van der Waals surface area contributed by atoms with Gasteiger partial charge in [0.15, 0.2) is 0 Å². The van der Waals surface area contributed by atoms with Crippen LogP contribution in [0.25, 0.3) is 0 Å². The number of rotatable bonds is 5. The van der Waals surface area contributed by atoms with Crippen molar-refractivity contribution in [3.63, 3.8) is 0 Å². The van der Waals surface area contributed by atoms with E-state index in [9.17, 15) is 4.79 Å². The number of likely N-dealkylation sites (N-methyl/N-ethyl adjacent to an activating group) is 1. The van der Waals surface area contributed by atoms with Crippen molar-refractivity contribution >= 4 is 17.5 Å². The number of ether oxygens (including phenoxy) is 2. The Bertz CT molecular complexity index is 473. The number of anilines is 2. The summed E-state index contributed by atoms with van der Waals surface area (Å²) < 4.78 is 10.7. The number of nitrogen functional groups attached to an aromatic ring is 1. The minimum absolute atomic E-state index is 0.189. The predicted octanol–water partition coefficient (Wildman–Crippen LogP) is 1.46. The normalized spacial score (nSPS) is 18.0. The molecule has 1 fully saturated rings. The molecule has 1 saturated heterocycles. The molecule has 0 saturated carbocycles. The van der Waals surface area contributed by atoms with Crippen molar-refractivity contribution in [3.05, 3.63) is 17.8 Å². The summed E-state index contributed by atoms with van der Waals surface area (Å²) in [5.74, 6) is 0.176. The van der Waals surface area contributed by atoms with Crippen LogP contribution in [0.1, 0.15) is 30.1 Å². The first-order valence-electron chi connectivity index (χ1n) is 6.87. The molecule has 20 heavy (non-hydrogen) atoms. The lowest BCUT2D eigenvalue weighted by Gasteiger charge is -2.23. The van der Waals surface area contributed by atoms with Gasteiger partial charge in [-0.05, 0) is 25.8 Å². The van der Waals surface area contributed by atoms with E-state index < -0.39 is 5.97 Å². The van der Waals surface area contributed by atoms with Crippen LogP contribution in [-0.2, 0) is 9.47 Å². The van der Waals surface area contributed by atoms with Crippen molar-refractivity contribution in [1.82, 2.24) is 4.98 Å². The van der Waals surface area contributed by atoms with E-state index in [1.165, 1.54) is 0 Å². The van der Waals surface area contributed by atoms with Crippen LogP contribution >= 0.6 is 0 Å². The van der Waals surface area contributed by atoms with Gasteiger partial charge in [0.1, 0.15) is 11.4 Å². The molecular weight excluding hydrogens is 258 g/mol. The van der Waals surface area contributed by atoms with E-state index in [0.717, 1.165) is 19.4 Å². The van der Waals surface area contributed by atoms with E-state index in [1.54, 1.807) is 19.2 Å². The molecule has 2 N–H and O–H groups in total. The molecule has 0 aliphatic carbocycles. The minimum Gasteiger partial charge on any atom is -0.462 e. The molecule has 0 aromatic carbocycles. The molecule has 0 spiro atoms. The molecule has 1 aromatic rings. The number of nitrogens with zero attached hydrogens (tertiary/aromatic N) is 2. The van der Waals surface area contributed by atoms with Crippen molar-refractivity contribution in [3.8, 4) is 0 Å². The first-order valence-corrected chi connectivity index (χ1v) is 6.87. The second-order valence-corrected chi connectivity index (χ2v) is 4.88. The largest absolute Gasteiger partial charge is 0.462 e. The lowest BCUT2D eigenvalue weighted by Crippen LogP contribution is -2.30. The van der Waals surface area contributed by atoms with Crippen LogP contribution in [0.3, 0.4) is 0 Å². The van der Waals surface area contributed by atoms with Crippen LogP contribution in [0.4, 0.5) is 11.5 Å². The van der Waals surface area contributed by atoms with Gasteiger partial charge in [0, 0.05) is 20.2 Å². The highest BCUT2D eigenvalue weighted by Gasteiger charge is 2.22. The van der Waals surface area contributed by atoms with Crippen LogP contribution in [0, 0.1) is 0 Å². The van der Waals surface area contributed by atoms with Crippen molar-refractivity contribution in [2.45, 2.75) is 25.9 Å². The lowest BCUT2D eigenvalue weighted by atomic mass is 10.2. The first-order chi connectivity index (χ1) is 9.61. The number of aromatic nitrogens is 1. The third kappa shape index (κ3) is 3.39. The summed E-state index contributed by atoms with van der Waals surface area (Å²) in [6.07, 6.45) is 3.85. The van der Waals surface area contributed by atoms with Crippen LogP contribution in [0.2, 0.25) is 0 Å². The molecule has 1 aliphatic heterocycles. The highest BCUT2D eigenvalue weighted by atomic mass is 16.5. The van der Waals surface area contributed by atoms with Gasteiger partial charge in [-0.25, -0.2) is 9.78 Å². The standard InChI is InChI=1S/C14H21N3O3/c1-3-19-14(18)12-7-10(15)8-16-13(12)17(2)9-11-5-4-6-20-11/h7-8,11H,3-6,9,15H2,1-2H3. The molecule has 6 heteroatoms. The molecule has 2 rings (SSSR count). The van der Waals surface area contributed by atoms with E-state index >= 15 is 0 Å². The summed E-state index contributed by atoms with van der Waals surface area (Å²) in [4.78, 5) is 18.2. The fraction of sp³-hybridized carbons (Fsp3) is 0.571. The number of pyridine rings is 1. The average Bonchev–Trinajstić information content (AvgIpc) is 2.91. The first kappa shape index (κ1) is 14.6. The topological polar surface area (TPSA) is 77.7 Å². The number of hydrogen-bond acceptors (Lipinski definition) is 6. The molecule has 2 heterocycles. The van der Waals surface area contributed by atoms with Crippen LogP contribution in [-0.4, -0.2) is 43.9 Å². The fourth-order valence-electron chi connectivity index (χ4n) is 2.32. The van der Waals surface area contributed by atoms with Gasteiger partial charge in [-0.1, -0.05) is 0 Å². The molecular formula is C14H21N3O3. The smallest absolute Gasteiger partial charge is 0.341 e. The van der Waals surface area contributed by atoms with Crippen molar-refractivity contribution in [2.24, 2.45) is 0 Å². The lowest BCUT2D eigenvalue weighted by molar-refractivity contribution is 0.0526. The average molecular weight is 279 g/mol. The Hall–Kier alpha value is -1.82. The SMILES string of the molecule is CCOC(=O)c1cc(N)cnc1N(C)CC1CCCO1. The van der Waals surface area contributed by atoms with E-state index in [1.807, 2.05) is 11.9 Å². The summed E-state index contributed by atoms with van der Waals surface area (Å²) in [5.41, 5.74) is 6.55. The zero-order valence-corrected chi connectivity index (χ0v) is 12.0. The minimum atomic E-state index is -0.401. The molecule has 1 atom stereocenters. The number of carbonyl (C=O) groups excluding carboxylic acids is 1. The number of hydrogen-bond donors (Lipinski definition) is 1. The quantitative estimate of drug-likeness (QED) is 0.822. The Labute approximate surface area is 118 Å². The highest BCUT2D eigenvalue weighted by Crippen LogP contribution is 2.22. The Morgan fingerprint density at radius 3 is 3.10 bits per heavy atom. The van der Waals surface area contributed by atoms with Gasteiger partial charge in [-0.2, -0.15) is 0 Å². The Morgan fingerprint density at radius 1 is 1.65 bits per heavy atom. The van der Waals surface area contributed by atoms with E-state index in [0.29, 0.717) is 30.2 Å². The third-order valence-corrected chi connectivity index (χ3v) is 3.25. The van der Waals surface area contributed by atoms with Crippen molar-refractivity contribution in [1.29, 1.82) is 0 Å². The van der Waals surface area contributed by atoms with Crippen LogP contribution in [0.15, 0.2) is 12.3 Å². The summed E-state index contributed by atoms with van der Waals surface area (Å²) in [6.45, 7) is 3.59.